The number of rotatable bonds is 5. The molecule has 0 saturated carbocycles. The lowest BCUT2D eigenvalue weighted by Gasteiger charge is -2.26. The summed E-state index contributed by atoms with van der Waals surface area (Å²) in [6.07, 6.45) is 5.62. The summed E-state index contributed by atoms with van der Waals surface area (Å²) < 4.78 is 20.7. The summed E-state index contributed by atoms with van der Waals surface area (Å²) in [6.45, 7) is 8.59. The molecule has 1 aliphatic heterocycles. The van der Waals surface area contributed by atoms with Crippen molar-refractivity contribution in [2.24, 2.45) is 7.05 Å². The standard InChI is InChI=1S/C27H32N6O4/c1-17-9-20(30-23(10-17)27(35-6)7-8-36-15-27)19-11-21(18-13-29-32(5)14-18)33-16-28-24(12-22(19)33)31-25(34)37-26(2,3)4/h9-14,16H,7-8,15H2,1-6H3,(H,31,34)/t27-/m0/s1. The van der Waals surface area contributed by atoms with Gasteiger partial charge in [-0.3, -0.25) is 14.4 Å². The quantitative estimate of drug-likeness (QED) is 0.419. The van der Waals surface area contributed by atoms with Gasteiger partial charge in [-0.15, -0.1) is 0 Å². The zero-order valence-corrected chi connectivity index (χ0v) is 22.0. The number of pyridine rings is 1. The number of nitrogens with one attached hydrogen (secondary N) is 1. The molecular weight excluding hydrogens is 472 g/mol. The Labute approximate surface area is 215 Å². The summed E-state index contributed by atoms with van der Waals surface area (Å²) in [7, 11) is 3.58. The number of carbonyl (C=O) groups is 1. The van der Waals surface area contributed by atoms with Crippen molar-refractivity contribution >= 4 is 17.4 Å². The summed E-state index contributed by atoms with van der Waals surface area (Å²) in [5, 5.41) is 7.08. The van der Waals surface area contributed by atoms with E-state index in [9.17, 15) is 4.79 Å². The van der Waals surface area contributed by atoms with Crippen LogP contribution in [0.4, 0.5) is 10.6 Å². The maximum Gasteiger partial charge on any atom is 0.413 e. The lowest BCUT2D eigenvalue weighted by atomic mass is 9.95. The molecule has 1 aliphatic rings. The van der Waals surface area contributed by atoms with Gasteiger partial charge in [0.15, 0.2) is 0 Å². The molecule has 0 aliphatic carbocycles. The first kappa shape index (κ1) is 24.9. The molecule has 1 N–H and O–H groups in total. The van der Waals surface area contributed by atoms with Gasteiger partial charge < -0.3 is 14.2 Å². The van der Waals surface area contributed by atoms with E-state index in [1.165, 1.54) is 0 Å². The van der Waals surface area contributed by atoms with Gasteiger partial charge in [-0.25, -0.2) is 14.8 Å². The summed E-state index contributed by atoms with van der Waals surface area (Å²) in [4.78, 5) is 21.9. The Morgan fingerprint density at radius 1 is 1.22 bits per heavy atom. The van der Waals surface area contributed by atoms with E-state index < -0.39 is 17.3 Å². The Bertz CT molecular complexity index is 1460. The number of fused-ring (bicyclic) bond motifs is 1. The molecule has 0 aromatic carbocycles. The van der Waals surface area contributed by atoms with E-state index in [1.54, 1.807) is 18.1 Å². The van der Waals surface area contributed by atoms with Gasteiger partial charge in [-0.2, -0.15) is 5.10 Å². The number of aromatic nitrogens is 5. The number of methoxy groups -OCH3 is 1. The van der Waals surface area contributed by atoms with Crippen LogP contribution in [0.1, 0.15) is 38.4 Å². The fraction of sp³-hybridized carbons (Fsp3) is 0.407. The van der Waals surface area contributed by atoms with E-state index in [0.717, 1.165) is 45.7 Å². The molecule has 5 rings (SSSR count). The number of ether oxygens (including phenoxy) is 3. The molecule has 194 valence electrons. The Morgan fingerprint density at radius 2 is 2.03 bits per heavy atom. The summed E-state index contributed by atoms with van der Waals surface area (Å²) in [6, 6.07) is 8.00. The van der Waals surface area contributed by atoms with E-state index in [2.05, 4.69) is 27.5 Å². The van der Waals surface area contributed by atoms with E-state index in [-0.39, 0.29) is 0 Å². The van der Waals surface area contributed by atoms with Crippen molar-refractivity contribution in [3.05, 3.63) is 54.2 Å². The van der Waals surface area contributed by atoms with Gasteiger partial charge >= 0.3 is 6.09 Å². The Kier molecular flexibility index (Phi) is 6.25. The fourth-order valence-corrected chi connectivity index (χ4v) is 4.61. The Hall–Kier alpha value is -3.76. The minimum atomic E-state index is -0.620. The van der Waals surface area contributed by atoms with Gasteiger partial charge in [-0.05, 0) is 51.5 Å². The smallest absolute Gasteiger partial charge is 0.413 e. The average Bonchev–Trinajstić information content (AvgIpc) is 3.56. The molecule has 1 amide bonds. The maximum atomic E-state index is 12.4. The molecule has 0 spiro atoms. The van der Waals surface area contributed by atoms with Gasteiger partial charge in [0.2, 0.25) is 0 Å². The third-order valence-electron chi connectivity index (χ3n) is 6.38. The highest BCUT2D eigenvalue weighted by Gasteiger charge is 2.38. The molecule has 1 fully saturated rings. The van der Waals surface area contributed by atoms with Crippen LogP contribution in [0.25, 0.3) is 28.0 Å². The van der Waals surface area contributed by atoms with Crippen molar-refractivity contribution in [2.45, 2.75) is 45.3 Å². The van der Waals surface area contributed by atoms with Crippen LogP contribution in [-0.4, -0.2) is 56.2 Å². The fourth-order valence-electron chi connectivity index (χ4n) is 4.61. The lowest BCUT2D eigenvalue weighted by Crippen LogP contribution is -2.30. The number of anilines is 1. The monoisotopic (exact) mass is 504 g/mol. The first-order chi connectivity index (χ1) is 17.6. The van der Waals surface area contributed by atoms with Gasteiger partial charge in [0.1, 0.15) is 23.3 Å². The van der Waals surface area contributed by atoms with Crippen molar-refractivity contribution in [3.63, 3.8) is 0 Å². The van der Waals surface area contributed by atoms with Crippen LogP contribution in [0.15, 0.2) is 43.0 Å². The minimum Gasteiger partial charge on any atom is -0.444 e. The SMILES string of the molecule is CO[C@@]1(c2cc(C)cc(-c3cc(-c4cnn(C)c4)n4cnc(NC(=O)OC(C)(C)C)cc34)n2)CCOC1. The van der Waals surface area contributed by atoms with Crippen molar-refractivity contribution in [3.8, 4) is 22.5 Å². The van der Waals surface area contributed by atoms with Crippen molar-refractivity contribution in [1.29, 1.82) is 0 Å². The molecule has 4 aromatic heterocycles. The first-order valence-corrected chi connectivity index (χ1v) is 12.2. The van der Waals surface area contributed by atoms with E-state index in [1.807, 2.05) is 63.7 Å². The zero-order valence-electron chi connectivity index (χ0n) is 22.0. The van der Waals surface area contributed by atoms with Crippen molar-refractivity contribution in [2.75, 3.05) is 25.6 Å². The maximum absolute atomic E-state index is 12.4. The van der Waals surface area contributed by atoms with Crippen molar-refractivity contribution in [1.82, 2.24) is 24.1 Å². The summed E-state index contributed by atoms with van der Waals surface area (Å²) >= 11 is 0. The molecule has 37 heavy (non-hydrogen) atoms. The van der Waals surface area contributed by atoms with Crippen LogP contribution >= 0.6 is 0 Å². The molecule has 4 aromatic rings. The molecule has 1 atom stereocenters. The third kappa shape index (κ3) is 4.94. The number of nitrogens with zero attached hydrogens (tertiary/aromatic N) is 5. The van der Waals surface area contributed by atoms with E-state index in [4.69, 9.17) is 19.2 Å². The Balaban J connectivity index is 1.65. The average molecular weight is 505 g/mol. The molecule has 10 heteroatoms. The second kappa shape index (κ2) is 9.28. The molecule has 0 bridgehead atoms. The molecule has 0 unspecified atom stereocenters. The van der Waals surface area contributed by atoms with Gasteiger partial charge in [0.25, 0.3) is 0 Å². The molecule has 1 saturated heterocycles. The zero-order chi connectivity index (χ0) is 26.4. The third-order valence-corrected chi connectivity index (χ3v) is 6.38. The highest BCUT2D eigenvalue weighted by molar-refractivity contribution is 5.89. The highest BCUT2D eigenvalue weighted by atomic mass is 16.6. The van der Waals surface area contributed by atoms with Crippen molar-refractivity contribution < 1.29 is 19.0 Å². The van der Waals surface area contributed by atoms with Gasteiger partial charge in [0.05, 0.1) is 35.4 Å². The number of amides is 1. The number of hydrogen-bond acceptors (Lipinski definition) is 7. The van der Waals surface area contributed by atoms with Crippen LogP contribution in [-0.2, 0) is 26.9 Å². The van der Waals surface area contributed by atoms with E-state index >= 15 is 0 Å². The predicted octanol–water partition coefficient (Wildman–Crippen LogP) is 4.71. The number of hydrogen-bond donors (Lipinski definition) is 1. The van der Waals surface area contributed by atoms with Crippen LogP contribution in [0.2, 0.25) is 0 Å². The summed E-state index contributed by atoms with van der Waals surface area (Å²) in [5.41, 5.74) is 5.06. The van der Waals surface area contributed by atoms with Crippen LogP contribution in [0, 0.1) is 6.92 Å². The van der Waals surface area contributed by atoms with Crippen LogP contribution in [0.5, 0.6) is 0 Å². The largest absolute Gasteiger partial charge is 0.444 e. The lowest BCUT2D eigenvalue weighted by molar-refractivity contribution is -0.0245. The Morgan fingerprint density at radius 3 is 2.68 bits per heavy atom. The molecule has 0 radical (unpaired) electrons. The highest BCUT2D eigenvalue weighted by Crippen LogP contribution is 2.37. The topological polar surface area (TPSA) is 105 Å². The summed E-state index contributed by atoms with van der Waals surface area (Å²) in [5.74, 6) is 0.379. The first-order valence-electron chi connectivity index (χ1n) is 12.2. The van der Waals surface area contributed by atoms with Crippen LogP contribution in [0.3, 0.4) is 0 Å². The normalized spacial score (nSPS) is 17.9. The van der Waals surface area contributed by atoms with E-state index in [0.29, 0.717) is 19.0 Å². The minimum absolute atomic E-state index is 0.379. The van der Waals surface area contributed by atoms with Gasteiger partial charge in [-0.1, -0.05) is 0 Å². The second-order valence-corrected chi connectivity index (χ2v) is 10.4. The molecule has 5 heterocycles. The number of aryl methyl sites for hydroxylation is 2. The van der Waals surface area contributed by atoms with Gasteiger partial charge in [0, 0.05) is 50.6 Å². The molecule has 10 nitrogen and oxygen atoms in total. The second-order valence-electron chi connectivity index (χ2n) is 10.4. The van der Waals surface area contributed by atoms with Crippen LogP contribution < -0.4 is 5.32 Å². The number of carbonyl (C=O) groups excluding carboxylic acids is 1. The predicted molar refractivity (Wildman–Crippen MR) is 139 cm³/mol. The molecular formula is C27H32N6O4.